The molecule has 0 heterocycles. The summed E-state index contributed by atoms with van der Waals surface area (Å²) in [7, 11) is 0. The maximum Gasteiger partial charge on any atom is 0.170 e. The number of rotatable bonds is 6. The van der Waals surface area contributed by atoms with Gasteiger partial charge in [0, 0.05) is 29.9 Å². The molecule has 3 nitrogen and oxygen atoms in total. The van der Waals surface area contributed by atoms with Crippen LogP contribution in [-0.4, -0.2) is 24.9 Å². The van der Waals surface area contributed by atoms with Crippen LogP contribution < -0.4 is 10.6 Å². The van der Waals surface area contributed by atoms with Gasteiger partial charge in [0.2, 0.25) is 0 Å². The quantitative estimate of drug-likeness (QED) is 0.607. The lowest BCUT2D eigenvalue weighted by Crippen LogP contribution is -2.30. The van der Waals surface area contributed by atoms with E-state index < -0.39 is 0 Å². The Morgan fingerprint density at radius 1 is 1.32 bits per heavy atom. The highest BCUT2D eigenvalue weighted by molar-refractivity contribution is 9.10. The first-order chi connectivity index (χ1) is 9.04. The van der Waals surface area contributed by atoms with Gasteiger partial charge in [0.25, 0.3) is 0 Å². The average molecular weight is 345 g/mol. The number of anilines is 1. The molecule has 1 rings (SSSR count). The van der Waals surface area contributed by atoms with Gasteiger partial charge < -0.3 is 15.4 Å². The third-order valence-corrected chi connectivity index (χ3v) is 3.40. The predicted octanol–water partition coefficient (Wildman–Crippen LogP) is 3.78. The summed E-state index contributed by atoms with van der Waals surface area (Å²) in [6.45, 7) is 8.48. The lowest BCUT2D eigenvalue weighted by Gasteiger charge is -2.15. The average Bonchev–Trinajstić information content (AvgIpc) is 2.33. The lowest BCUT2D eigenvalue weighted by atomic mass is 10.1. The molecule has 2 N–H and O–H groups in total. The van der Waals surface area contributed by atoms with Crippen LogP contribution in [0.2, 0.25) is 0 Å². The summed E-state index contributed by atoms with van der Waals surface area (Å²) in [6.07, 6.45) is 0.952. The number of ether oxygens (including phenoxy) is 1. The van der Waals surface area contributed by atoms with Gasteiger partial charge >= 0.3 is 0 Å². The van der Waals surface area contributed by atoms with E-state index in [1.807, 2.05) is 6.92 Å². The molecule has 1 aromatic rings. The van der Waals surface area contributed by atoms with E-state index in [4.69, 9.17) is 17.0 Å². The van der Waals surface area contributed by atoms with Crippen LogP contribution in [0.15, 0.2) is 16.6 Å². The Bertz CT molecular complexity index is 414. The van der Waals surface area contributed by atoms with Crippen molar-refractivity contribution >= 4 is 38.9 Å². The Kier molecular flexibility index (Phi) is 7.34. The van der Waals surface area contributed by atoms with Gasteiger partial charge in [0.15, 0.2) is 5.11 Å². The van der Waals surface area contributed by atoms with Crippen LogP contribution in [0.1, 0.15) is 24.5 Å². The Hall–Kier alpha value is -0.650. The van der Waals surface area contributed by atoms with Gasteiger partial charge in [-0.3, -0.25) is 0 Å². The minimum absolute atomic E-state index is 0.657. The molecule has 0 bridgehead atoms. The Morgan fingerprint density at radius 2 is 1.95 bits per heavy atom. The SMILES string of the molecule is CCOCCCNC(=S)Nc1c(C)cc(Br)cc1C. The second kappa shape index (κ2) is 8.51. The van der Waals surface area contributed by atoms with E-state index in [0.717, 1.165) is 36.3 Å². The molecule has 0 aliphatic carbocycles. The standard InChI is InChI=1S/C14H21BrN2OS/c1-4-18-7-5-6-16-14(19)17-13-10(2)8-12(15)9-11(13)3/h8-9H,4-7H2,1-3H3,(H2,16,17,19). The number of thiocarbonyl (C=S) groups is 1. The van der Waals surface area contributed by atoms with Gasteiger partial charge in [-0.2, -0.15) is 0 Å². The predicted molar refractivity (Wildman–Crippen MR) is 88.9 cm³/mol. The number of hydrogen-bond acceptors (Lipinski definition) is 2. The van der Waals surface area contributed by atoms with Crippen LogP contribution >= 0.6 is 28.1 Å². The molecular weight excluding hydrogens is 324 g/mol. The molecule has 0 atom stereocenters. The minimum Gasteiger partial charge on any atom is -0.382 e. The maximum absolute atomic E-state index is 5.29. The van der Waals surface area contributed by atoms with Gasteiger partial charge in [0.1, 0.15) is 0 Å². The molecule has 0 fully saturated rings. The summed E-state index contributed by atoms with van der Waals surface area (Å²) in [5, 5.41) is 7.10. The molecule has 0 aromatic heterocycles. The smallest absolute Gasteiger partial charge is 0.170 e. The van der Waals surface area contributed by atoms with Gasteiger partial charge in [-0.05, 0) is 62.7 Å². The Balaban J connectivity index is 2.44. The third-order valence-electron chi connectivity index (χ3n) is 2.69. The number of hydrogen-bond donors (Lipinski definition) is 2. The minimum atomic E-state index is 0.657. The fourth-order valence-electron chi connectivity index (χ4n) is 1.79. The van der Waals surface area contributed by atoms with Crippen molar-refractivity contribution in [3.05, 3.63) is 27.7 Å². The first-order valence-corrected chi connectivity index (χ1v) is 7.64. The molecule has 19 heavy (non-hydrogen) atoms. The number of aryl methyl sites for hydroxylation is 2. The van der Waals surface area contributed by atoms with Gasteiger partial charge in [0.05, 0.1) is 0 Å². The largest absolute Gasteiger partial charge is 0.382 e. The lowest BCUT2D eigenvalue weighted by molar-refractivity contribution is 0.146. The Morgan fingerprint density at radius 3 is 2.53 bits per heavy atom. The van der Waals surface area contributed by atoms with Crippen LogP contribution in [0.3, 0.4) is 0 Å². The van der Waals surface area contributed by atoms with Crippen molar-refractivity contribution in [2.75, 3.05) is 25.1 Å². The molecule has 0 amide bonds. The number of nitrogens with one attached hydrogen (secondary N) is 2. The van der Waals surface area contributed by atoms with Gasteiger partial charge in [-0.1, -0.05) is 15.9 Å². The number of halogens is 1. The summed E-state index contributed by atoms with van der Waals surface area (Å²) in [5.74, 6) is 0. The molecule has 0 aliphatic rings. The molecule has 0 spiro atoms. The zero-order valence-corrected chi connectivity index (χ0v) is 14.1. The van der Waals surface area contributed by atoms with E-state index in [-0.39, 0.29) is 0 Å². The van der Waals surface area contributed by atoms with E-state index >= 15 is 0 Å². The molecule has 0 unspecified atom stereocenters. The van der Waals surface area contributed by atoms with Crippen molar-refractivity contribution in [1.29, 1.82) is 0 Å². The van der Waals surface area contributed by atoms with Crippen molar-refractivity contribution in [3.8, 4) is 0 Å². The number of benzene rings is 1. The summed E-state index contributed by atoms with van der Waals surface area (Å²) < 4.78 is 6.36. The van der Waals surface area contributed by atoms with Crippen molar-refractivity contribution in [1.82, 2.24) is 5.32 Å². The van der Waals surface area contributed by atoms with Crippen LogP contribution in [0.5, 0.6) is 0 Å². The third kappa shape index (κ3) is 5.89. The van der Waals surface area contributed by atoms with Crippen LogP contribution in [0.4, 0.5) is 5.69 Å². The maximum atomic E-state index is 5.29. The van der Waals surface area contributed by atoms with E-state index in [1.54, 1.807) is 0 Å². The molecule has 0 saturated heterocycles. The van der Waals surface area contributed by atoms with Crippen LogP contribution in [-0.2, 0) is 4.74 Å². The molecule has 0 saturated carbocycles. The van der Waals surface area contributed by atoms with Crippen LogP contribution in [0.25, 0.3) is 0 Å². The molecule has 106 valence electrons. The summed E-state index contributed by atoms with van der Waals surface area (Å²) in [4.78, 5) is 0. The van der Waals surface area contributed by atoms with Crippen LogP contribution in [0, 0.1) is 13.8 Å². The monoisotopic (exact) mass is 344 g/mol. The van der Waals surface area contributed by atoms with E-state index in [1.165, 1.54) is 11.1 Å². The van der Waals surface area contributed by atoms with Crippen molar-refractivity contribution in [2.45, 2.75) is 27.2 Å². The van der Waals surface area contributed by atoms with E-state index in [9.17, 15) is 0 Å². The first kappa shape index (κ1) is 16.4. The van der Waals surface area contributed by atoms with Crippen molar-refractivity contribution < 1.29 is 4.74 Å². The summed E-state index contributed by atoms with van der Waals surface area (Å²) >= 11 is 8.78. The summed E-state index contributed by atoms with van der Waals surface area (Å²) in [6, 6.07) is 4.15. The second-order valence-electron chi connectivity index (χ2n) is 4.35. The second-order valence-corrected chi connectivity index (χ2v) is 5.67. The highest BCUT2D eigenvalue weighted by Gasteiger charge is 2.05. The highest BCUT2D eigenvalue weighted by atomic mass is 79.9. The zero-order chi connectivity index (χ0) is 14.3. The van der Waals surface area contributed by atoms with E-state index in [2.05, 4.69) is 52.5 Å². The van der Waals surface area contributed by atoms with Gasteiger partial charge in [-0.15, -0.1) is 0 Å². The molecule has 1 aromatic carbocycles. The molecule has 5 heteroatoms. The fraction of sp³-hybridized carbons (Fsp3) is 0.500. The van der Waals surface area contributed by atoms with Gasteiger partial charge in [-0.25, -0.2) is 0 Å². The molecule has 0 radical (unpaired) electrons. The molecule has 0 aliphatic heterocycles. The topological polar surface area (TPSA) is 33.3 Å². The fourth-order valence-corrected chi connectivity index (χ4v) is 2.68. The summed E-state index contributed by atoms with van der Waals surface area (Å²) in [5.41, 5.74) is 3.42. The van der Waals surface area contributed by atoms with Crippen molar-refractivity contribution in [2.24, 2.45) is 0 Å². The zero-order valence-electron chi connectivity index (χ0n) is 11.7. The normalized spacial score (nSPS) is 10.3. The van der Waals surface area contributed by atoms with Crippen molar-refractivity contribution in [3.63, 3.8) is 0 Å². The highest BCUT2D eigenvalue weighted by Crippen LogP contribution is 2.24. The first-order valence-electron chi connectivity index (χ1n) is 6.44. The molecular formula is C14H21BrN2OS. The Labute approximate surface area is 129 Å². The van der Waals surface area contributed by atoms with E-state index in [0.29, 0.717) is 5.11 Å².